The molecule has 2 aromatic rings. The first-order valence-corrected chi connectivity index (χ1v) is 10.7. The van der Waals surface area contributed by atoms with Gasteiger partial charge in [0.15, 0.2) is 5.69 Å². The molecule has 1 aromatic carbocycles. The molecular weight excluding hydrogens is 394 g/mol. The van der Waals surface area contributed by atoms with E-state index in [9.17, 15) is 0 Å². The van der Waals surface area contributed by atoms with E-state index in [-0.39, 0.29) is 18.8 Å². The van der Waals surface area contributed by atoms with Gasteiger partial charge < -0.3 is 20.1 Å². The van der Waals surface area contributed by atoms with Gasteiger partial charge in [-0.1, -0.05) is 12.1 Å². The fourth-order valence-corrected chi connectivity index (χ4v) is 4.39. The number of likely N-dealkylation sites (tertiary alicyclic amines) is 1. The van der Waals surface area contributed by atoms with Gasteiger partial charge in [-0.05, 0) is 43.5 Å². The molecule has 0 radical (unpaired) electrons. The van der Waals surface area contributed by atoms with E-state index >= 15 is 0 Å². The van der Waals surface area contributed by atoms with E-state index < -0.39 is 0 Å². The highest BCUT2D eigenvalue weighted by Gasteiger charge is 2.28. The van der Waals surface area contributed by atoms with Gasteiger partial charge in [-0.15, -0.1) is 0 Å². The summed E-state index contributed by atoms with van der Waals surface area (Å²) in [5.41, 5.74) is 9.32. The number of piperidine rings is 1. The van der Waals surface area contributed by atoms with Gasteiger partial charge in [0.25, 0.3) is 0 Å². The molecule has 0 amide bonds. The summed E-state index contributed by atoms with van der Waals surface area (Å²) >= 11 is 0. The maximum atomic E-state index is 9.13. The first-order valence-electron chi connectivity index (χ1n) is 10.7. The van der Waals surface area contributed by atoms with Crippen LogP contribution >= 0.6 is 0 Å². The summed E-state index contributed by atoms with van der Waals surface area (Å²) in [5, 5.41) is 21.3. The van der Waals surface area contributed by atoms with Crippen LogP contribution in [-0.4, -0.2) is 59.5 Å². The summed E-state index contributed by atoms with van der Waals surface area (Å²) in [4.78, 5) is 10.6. The maximum absolute atomic E-state index is 9.13. The number of hydrogen-bond donors (Lipinski definition) is 4. The van der Waals surface area contributed by atoms with Gasteiger partial charge in [-0.25, -0.2) is 20.8 Å². The lowest BCUT2D eigenvalue weighted by Crippen LogP contribution is -2.36. The molecule has 164 valence electrons. The van der Waals surface area contributed by atoms with Crippen LogP contribution in [0, 0.1) is 11.3 Å². The molecule has 3 heterocycles. The van der Waals surface area contributed by atoms with Gasteiger partial charge in [-0.3, -0.25) is 0 Å². The Morgan fingerprint density at radius 1 is 1.26 bits per heavy atom. The first-order chi connectivity index (χ1) is 15.2. The van der Waals surface area contributed by atoms with E-state index in [0.29, 0.717) is 17.4 Å². The van der Waals surface area contributed by atoms with Crippen molar-refractivity contribution in [2.24, 2.45) is 0 Å². The average Bonchev–Trinajstić information content (AvgIpc) is 3.28. The van der Waals surface area contributed by atoms with Crippen LogP contribution in [-0.2, 0) is 0 Å². The molecule has 2 aliphatic heterocycles. The van der Waals surface area contributed by atoms with Crippen LogP contribution in [0.25, 0.3) is 0 Å². The third-order valence-electron chi connectivity index (χ3n) is 6.10. The average molecular weight is 424 g/mol. The van der Waals surface area contributed by atoms with Gasteiger partial charge in [0, 0.05) is 18.5 Å². The zero-order chi connectivity index (χ0) is 21.6. The number of methoxy groups -OCH3 is 1. The highest BCUT2D eigenvalue weighted by molar-refractivity contribution is 5.42. The number of aromatic nitrogens is 2. The second-order valence-electron chi connectivity index (χ2n) is 8.01. The molecule has 4 rings (SSSR count). The van der Waals surface area contributed by atoms with E-state index in [1.54, 1.807) is 13.3 Å². The predicted molar refractivity (Wildman–Crippen MR) is 116 cm³/mol. The van der Waals surface area contributed by atoms with Crippen molar-refractivity contribution in [1.29, 1.82) is 5.26 Å². The number of ether oxygens (including phenoxy) is 1. The summed E-state index contributed by atoms with van der Waals surface area (Å²) in [6.45, 7) is 3.03. The van der Waals surface area contributed by atoms with Crippen molar-refractivity contribution in [2.45, 2.75) is 37.4 Å². The van der Waals surface area contributed by atoms with Gasteiger partial charge in [0.05, 0.1) is 38.3 Å². The zero-order valence-electron chi connectivity index (χ0n) is 17.7. The number of nitrogens with zero attached hydrogens (tertiary/aromatic N) is 4. The number of hydrazine groups is 1. The molecule has 0 spiro atoms. The normalized spacial score (nSPS) is 22.2. The molecule has 0 saturated carbocycles. The van der Waals surface area contributed by atoms with Crippen molar-refractivity contribution in [3.8, 4) is 11.8 Å². The number of nitrogens with one attached hydrogen (secondary N) is 3. The Hall–Kier alpha value is -2.77. The molecule has 0 bridgehead atoms. The van der Waals surface area contributed by atoms with Gasteiger partial charge in [-0.2, -0.15) is 5.26 Å². The van der Waals surface area contributed by atoms with Gasteiger partial charge >= 0.3 is 0 Å². The van der Waals surface area contributed by atoms with E-state index in [1.807, 2.05) is 6.07 Å². The van der Waals surface area contributed by atoms with Crippen molar-refractivity contribution < 1.29 is 9.84 Å². The number of aliphatic hydroxyl groups is 1. The van der Waals surface area contributed by atoms with Crippen LogP contribution in [0.3, 0.4) is 0 Å². The number of aliphatic hydroxyl groups excluding tert-OH is 1. The van der Waals surface area contributed by atoms with Gasteiger partial charge in [0.1, 0.15) is 17.6 Å². The number of nitriles is 1. The van der Waals surface area contributed by atoms with Crippen LogP contribution in [0.5, 0.6) is 5.75 Å². The second-order valence-corrected chi connectivity index (χ2v) is 8.01. The molecular formula is C22H29N7O2. The Morgan fingerprint density at radius 3 is 2.77 bits per heavy atom. The molecule has 31 heavy (non-hydrogen) atoms. The maximum Gasteiger partial charge on any atom is 0.158 e. The van der Waals surface area contributed by atoms with Gasteiger partial charge in [0.2, 0.25) is 0 Å². The zero-order valence-corrected chi connectivity index (χ0v) is 17.7. The van der Waals surface area contributed by atoms with E-state index in [4.69, 9.17) is 15.1 Å². The second kappa shape index (κ2) is 10.0. The summed E-state index contributed by atoms with van der Waals surface area (Å²) < 4.78 is 5.74. The van der Waals surface area contributed by atoms with Crippen LogP contribution in [0.1, 0.15) is 48.0 Å². The fourth-order valence-electron chi connectivity index (χ4n) is 4.39. The number of benzene rings is 1. The standard InChI is InChI=1S/C22H29N7O2/c1-31-20-10-16(15-4-6-29(7-5-15)8-9-30)2-3-18(20)19-11-21(28-27-19)26-22-14-24-17(12-23)13-25-22/h2-3,10,13-15,19,21,27-28,30H,4-9,11H2,1H3,(H,25,26). The molecule has 2 aliphatic rings. The monoisotopic (exact) mass is 423 g/mol. The SMILES string of the molecule is COc1cc(C2CCN(CCO)CC2)ccc1C1CC(Nc2cnc(C#N)cn2)NN1. The largest absolute Gasteiger partial charge is 0.496 e. The molecule has 2 unspecified atom stereocenters. The predicted octanol–water partition coefficient (Wildman–Crippen LogP) is 1.51. The van der Waals surface area contributed by atoms with E-state index in [0.717, 1.165) is 50.2 Å². The Kier molecular flexibility index (Phi) is 6.94. The number of hydrogen-bond acceptors (Lipinski definition) is 9. The van der Waals surface area contributed by atoms with Crippen molar-refractivity contribution in [1.82, 2.24) is 25.7 Å². The number of rotatable bonds is 7. The van der Waals surface area contributed by atoms with E-state index in [2.05, 4.69) is 49.2 Å². The van der Waals surface area contributed by atoms with Crippen LogP contribution in [0.2, 0.25) is 0 Å². The third-order valence-corrected chi connectivity index (χ3v) is 6.10. The highest BCUT2D eigenvalue weighted by atomic mass is 16.5. The lowest BCUT2D eigenvalue weighted by atomic mass is 9.88. The van der Waals surface area contributed by atoms with Crippen LogP contribution in [0.15, 0.2) is 30.6 Å². The quantitative estimate of drug-likeness (QED) is 0.525. The summed E-state index contributed by atoms with van der Waals surface area (Å²) in [5.74, 6) is 2.04. The lowest BCUT2D eigenvalue weighted by Gasteiger charge is -2.32. The Bertz CT molecular complexity index is 907. The van der Waals surface area contributed by atoms with Crippen molar-refractivity contribution in [2.75, 3.05) is 38.7 Å². The number of β-amino-alcohol motifs (C(OH)–C–C–N with tert-alkyl or cyclic N) is 1. The minimum atomic E-state index is -0.0209. The summed E-state index contributed by atoms with van der Waals surface area (Å²) in [6.07, 6.45) is 6.00. The van der Waals surface area contributed by atoms with Crippen LogP contribution < -0.4 is 20.9 Å². The topological polar surface area (TPSA) is 118 Å². The number of anilines is 1. The molecule has 2 saturated heterocycles. The molecule has 1 aromatic heterocycles. The Labute approximate surface area is 182 Å². The molecule has 0 aliphatic carbocycles. The summed E-state index contributed by atoms with van der Waals surface area (Å²) in [6, 6.07) is 8.63. The van der Waals surface area contributed by atoms with E-state index in [1.165, 1.54) is 11.8 Å². The van der Waals surface area contributed by atoms with Crippen LogP contribution in [0.4, 0.5) is 5.82 Å². The molecule has 2 atom stereocenters. The molecule has 4 N–H and O–H groups in total. The molecule has 2 fully saturated rings. The first kappa shape index (κ1) is 21.5. The summed E-state index contributed by atoms with van der Waals surface area (Å²) in [7, 11) is 1.72. The molecule has 9 heteroatoms. The third kappa shape index (κ3) is 5.11. The highest BCUT2D eigenvalue weighted by Crippen LogP contribution is 2.35. The smallest absolute Gasteiger partial charge is 0.158 e. The minimum Gasteiger partial charge on any atom is -0.496 e. The van der Waals surface area contributed by atoms with Crippen molar-refractivity contribution >= 4 is 5.82 Å². The Morgan fingerprint density at radius 2 is 2.10 bits per heavy atom. The lowest BCUT2D eigenvalue weighted by molar-refractivity contribution is 0.164. The fraction of sp³-hybridized carbons (Fsp3) is 0.500. The molecule has 9 nitrogen and oxygen atoms in total. The minimum absolute atomic E-state index is 0.0209. The Balaban J connectivity index is 1.38. The van der Waals surface area contributed by atoms with Crippen molar-refractivity contribution in [3.05, 3.63) is 47.4 Å². The van der Waals surface area contributed by atoms with Crippen molar-refractivity contribution in [3.63, 3.8) is 0 Å².